The van der Waals surface area contributed by atoms with Crippen molar-refractivity contribution in [1.29, 1.82) is 0 Å². The zero-order valence-corrected chi connectivity index (χ0v) is 11.2. The smallest absolute Gasteiger partial charge is 0.326 e. The van der Waals surface area contributed by atoms with E-state index in [4.69, 9.17) is 5.11 Å². The van der Waals surface area contributed by atoms with Crippen LogP contribution in [0.1, 0.15) is 46.5 Å². The predicted octanol–water partition coefficient (Wildman–Crippen LogP) is 2.07. The van der Waals surface area contributed by atoms with Gasteiger partial charge in [-0.1, -0.05) is 26.2 Å². The van der Waals surface area contributed by atoms with Crippen molar-refractivity contribution in [1.82, 2.24) is 10.2 Å². The van der Waals surface area contributed by atoms with Gasteiger partial charge in [-0.15, -0.1) is 0 Å². The molecule has 0 heterocycles. The van der Waals surface area contributed by atoms with E-state index in [0.717, 1.165) is 25.7 Å². The monoisotopic (exact) mass is 244 g/mol. The van der Waals surface area contributed by atoms with Gasteiger partial charge in [-0.05, 0) is 20.3 Å². The Hall–Kier alpha value is -1.26. The Kier molecular flexibility index (Phi) is 7.34. The largest absolute Gasteiger partial charge is 0.480 e. The minimum absolute atomic E-state index is 0.0810. The van der Waals surface area contributed by atoms with E-state index in [2.05, 4.69) is 12.2 Å². The second-order valence-electron chi connectivity index (χ2n) is 4.47. The molecule has 0 aromatic heterocycles. The summed E-state index contributed by atoms with van der Waals surface area (Å²) in [6.07, 6.45) is 4.31. The molecule has 0 saturated carbocycles. The zero-order chi connectivity index (χ0) is 13.4. The summed E-state index contributed by atoms with van der Waals surface area (Å²) < 4.78 is 0. The third kappa shape index (κ3) is 6.14. The topological polar surface area (TPSA) is 69.6 Å². The Bertz CT molecular complexity index is 256. The van der Waals surface area contributed by atoms with Gasteiger partial charge in [-0.25, -0.2) is 9.59 Å². The summed E-state index contributed by atoms with van der Waals surface area (Å²) >= 11 is 0. The van der Waals surface area contributed by atoms with Crippen LogP contribution in [-0.2, 0) is 4.79 Å². The highest BCUT2D eigenvalue weighted by Gasteiger charge is 2.22. The molecule has 100 valence electrons. The van der Waals surface area contributed by atoms with Crippen LogP contribution in [-0.4, -0.2) is 41.1 Å². The minimum atomic E-state index is -0.999. The van der Waals surface area contributed by atoms with Gasteiger partial charge in [-0.2, -0.15) is 0 Å². The highest BCUT2D eigenvalue weighted by atomic mass is 16.4. The number of carboxylic acids is 1. The fourth-order valence-electron chi connectivity index (χ4n) is 1.43. The summed E-state index contributed by atoms with van der Waals surface area (Å²) in [5, 5.41) is 11.6. The Labute approximate surface area is 103 Å². The van der Waals surface area contributed by atoms with Gasteiger partial charge < -0.3 is 15.3 Å². The molecule has 0 saturated heterocycles. The van der Waals surface area contributed by atoms with Gasteiger partial charge in [0.25, 0.3) is 0 Å². The number of carbonyl (C=O) groups excluding carboxylic acids is 1. The highest BCUT2D eigenvalue weighted by Crippen LogP contribution is 2.04. The van der Waals surface area contributed by atoms with Gasteiger partial charge in [0.1, 0.15) is 6.04 Å². The molecule has 0 radical (unpaired) electrons. The lowest BCUT2D eigenvalue weighted by Gasteiger charge is -2.24. The fraction of sp³-hybridized carbons (Fsp3) is 0.833. The normalized spacial score (nSPS) is 13.9. The number of urea groups is 1. The van der Waals surface area contributed by atoms with Crippen LogP contribution < -0.4 is 5.32 Å². The molecule has 2 amide bonds. The van der Waals surface area contributed by atoms with Gasteiger partial charge >= 0.3 is 12.0 Å². The minimum Gasteiger partial charge on any atom is -0.480 e. The second-order valence-corrected chi connectivity index (χ2v) is 4.47. The Balaban J connectivity index is 4.02. The first-order valence-electron chi connectivity index (χ1n) is 6.16. The van der Waals surface area contributed by atoms with Crippen LogP contribution in [0.2, 0.25) is 0 Å². The zero-order valence-electron chi connectivity index (χ0n) is 11.2. The van der Waals surface area contributed by atoms with E-state index in [1.807, 2.05) is 6.92 Å². The van der Waals surface area contributed by atoms with Gasteiger partial charge in [0, 0.05) is 13.1 Å². The molecule has 2 atom stereocenters. The van der Waals surface area contributed by atoms with Crippen LogP contribution in [0.15, 0.2) is 0 Å². The molecule has 17 heavy (non-hydrogen) atoms. The first kappa shape index (κ1) is 15.7. The van der Waals surface area contributed by atoms with Crippen LogP contribution in [0.3, 0.4) is 0 Å². The standard InChI is InChI=1S/C12H24N2O3/c1-5-6-7-8-9(2)13-12(17)14(4)10(3)11(15)16/h9-10H,5-8H2,1-4H3,(H,13,17)(H,15,16). The highest BCUT2D eigenvalue weighted by molar-refractivity contribution is 5.82. The summed E-state index contributed by atoms with van der Waals surface area (Å²) in [6, 6.07) is -1.06. The Morgan fingerprint density at radius 3 is 2.35 bits per heavy atom. The maximum absolute atomic E-state index is 11.7. The molecule has 0 aliphatic carbocycles. The maximum atomic E-state index is 11.7. The van der Waals surface area contributed by atoms with E-state index >= 15 is 0 Å². The fourth-order valence-corrected chi connectivity index (χ4v) is 1.43. The molecule has 0 rings (SSSR count). The predicted molar refractivity (Wildman–Crippen MR) is 67.0 cm³/mol. The van der Waals surface area contributed by atoms with Crippen molar-refractivity contribution in [3.8, 4) is 0 Å². The first-order valence-corrected chi connectivity index (χ1v) is 6.16. The first-order chi connectivity index (χ1) is 7.90. The van der Waals surface area contributed by atoms with Gasteiger partial charge in [0.15, 0.2) is 0 Å². The van der Waals surface area contributed by atoms with Crippen LogP contribution in [0.5, 0.6) is 0 Å². The molecule has 0 aromatic rings. The number of amides is 2. The molecule has 5 nitrogen and oxygen atoms in total. The van der Waals surface area contributed by atoms with E-state index in [0.29, 0.717) is 0 Å². The van der Waals surface area contributed by atoms with Crippen molar-refractivity contribution in [3.63, 3.8) is 0 Å². The molecule has 0 fully saturated rings. The van der Waals surface area contributed by atoms with Crippen molar-refractivity contribution < 1.29 is 14.7 Å². The van der Waals surface area contributed by atoms with Crippen molar-refractivity contribution in [2.45, 2.75) is 58.5 Å². The van der Waals surface area contributed by atoms with E-state index < -0.39 is 12.0 Å². The number of nitrogens with one attached hydrogen (secondary N) is 1. The van der Waals surface area contributed by atoms with Crippen molar-refractivity contribution in [2.24, 2.45) is 0 Å². The number of carbonyl (C=O) groups is 2. The van der Waals surface area contributed by atoms with Crippen LogP contribution in [0.25, 0.3) is 0 Å². The lowest BCUT2D eigenvalue weighted by atomic mass is 10.1. The molecule has 0 bridgehead atoms. The third-order valence-corrected chi connectivity index (χ3v) is 2.87. The summed E-state index contributed by atoms with van der Waals surface area (Å²) in [5.74, 6) is -0.999. The van der Waals surface area contributed by atoms with Crippen molar-refractivity contribution in [2.75, 3.05) is 7.05 Å². The molecule has 2 unspecified atom stereocenters. The number of aliphatic carboxylic acids is 1. The molecule has 0 aliphatic heterocycles. The average molecular weight is 244 g/mol. The Morgan fingerprint density at radius 1 is 1.29 bits per heavy atom. The van der Waals surface area contributed by atoms with Gasteiger partial charge in [0.2, 0.25) is 0 Å². The molecule has 2 N–H and O–H groups in total. The summed E-state index contributed by atoms with van der Waals surface area (Å²) in [4.78, 5) is 23.6. The Morgan fingerprint density at radius 2 is 1.88 bits per heavy atom. The summed E-state index contributed by atoms with van der Waals surface area (Å²) in [5.41, 5.74) is 0. The summed E-state index contributed by atoms with van der Waals surface area (Å²) in [6.45, 7) is 5.56. The number of hydrogen-bond acceptors (Lipinski definition) is 2. The van der Waals surface area contributed by atoms with E-state index in [9.17, 15) is 9.59 Å². The van der Waals surface area contributed by atoms with Gasteiger partial charge in [-0.3, -0.25) is 0 Å². The lowest BCUT2D eigenvalue weighted by Crippen LogP contribution is -2.48. The number of likely N-dealkylation sites (N-methyl/N-ethyl adjacent to an activating group) is 1. The van der Waals surface area contributed by atoms with Gasteiger partial charge in [0.05, 0.1) is 0 Å². The number of carboxylic acid groups (broad SMARTS) is 1. The van der Waals surface area contributed by atoms with E-state index in [1.165, 1.54) is 18.9 Å². The second kappa shape index (κ2) is 7.92. The lowest BCUT2D eigenvalue weighted by molar-refractivity contribution is -0.141. The maximum Gasteiger partial charge on any atom is 0.326 e. The third-order valence-electron chi connectivity index (χ3n) is 2.87. The van der Waals surface area contributed by atoms with Crippen LogP contribution in [0.4, 0.5) is 4.79 Å². The molecule has 0 spiro atoms. The van der Waals surface area contributed by atoms with Crippen LogP contribution in [0, 0.1) is 0 Å². The SMILES string of the molecule is CCCCCC(C)NC(=O)N(C)C(C)C(=O)O. The summed E-state index contributed by atoms with van der Waals surface area (Å²) in [7, 11) is 1.49. The number of unbranched alkanes of at least 4 members (excludes halogenated alkanes) is 2. The molecule has 0 aliphatic rings. The molecular weight excluding hydrogens is 220 g/mol. The van der Waals surface area contributed by atoms with Crippen molar-refractivity contribution >= 4 is 12.0 Å². The number of nitrogens with zero attached hydrogens (tertiary/aromatic N) is 1. The number of rotatable bonds is 7. The molecule has 0 aromatic carbocycles. The molecular formula is C12H24N2O3. The quantitative estimate of drug-likeness (QED) is 0.673. The van der Waals surface area contributed by atoms with E-state index in [1.54, 1.807) is 0 Å². The average Bonchev–Trinajstić information content (AvgIpc) is 2.27. The van der Waals surface area contributed by atoms with E-state index in [-0.39, 0.29) is 12.1 Å². The number of hydrogen-bond donors (Lipinski definition) is 2. The van der Waals surface area contributed by atoms with Crippen LogP contribution >= 0.6 is 0 Å². The molecule has 5 heteroatoms. The van der Waals surface area contributed by atoms with Crippen molar-refractivity contribution in [3.05, 3.63) is 0 Å².